The molecule has 112 valence electrons. The zero-order chi connectivity index (χ0) is 14.9. The van der Waals surface area contributed by atoms with Crippen LogP contribution < -0.4 is 4.72 Å². The predicted octanol–water partition coefficient (Wildman–Crippen LogP) is 2.14. The second-order valence-electron chi connectivity index (χ2n) is 5.29. The highest BCUT2D eigenvalue weighted by Crippen LogP contribution is 2.29. The lowest BCUT2D eigenvalue weighted by molar-refractivity contribution is 0.0661. The Labute approximate surface area is 118 Å². The van der Waals surface area contributed by atoms with Gasteiger partial charge in [-0.2, -0.15) is 0 Å². The molecule has 1 aromatic rings. The summed E-state index contributed by atoms with van der Waals surface area (Å²) < 4.78 is 32.2. The summed E-state index contributed by atoms with van der Waals surface area (Å²) in [5.74, 6) is -1.21. The number of nitrogens with one attached hydrogen (secondary N) is 1. The third-order valence-electron chi connectivity index (χ3n) is 3.82. The van der Waals surface area contributed by atoms with Crippen LogP contribution in [0.4, 0.5) is 0 Å². The van der Waals surface area contributed by atoms with Gasteiger partial charge in [0.15, 0.2) is 0 Å². The van der Waals surface area contributed by atoms with E-state index in [1.165, 1.54) is 6.92 Å². The van der Waals surface area contributed by atoms with Crippen molar-refractivity contribution < 1.29 is 22.7 Å². The molecule has 0 unspecified atom stereocenters. The molecule has 2 rings (SSSR count). The van der Waals surface area contributed by atoms with Crippen molar-refractivity contribution in [3.05, 3.63) is 17.6 Å². The van der Waals surface area contributed by atoms with Crippen LogP contribution in [0.3, 0.4) is 0 Å². The molecule has 1 fully saturated rings. The average molecular weight is 301 g/mol. The molecular weight excluding hydrogens is 282 g/mol. The van der Waals surface area contributed by atoms with Crippen molar-refractivity contribution in [2.45, 2.75) is 50.5 Å². The molecule has 0 amide bonds. The minimum atomic E-state index is -3.75. The average Bonchev–Trinajstić information content (AvgIpc) is 2.96. The number of rotatable bonds is 5. The first-order chi connectivity index (χ1) is 9.31. The maximum Gasteiger partial charge on any atom is 0.371 e. The van der Waals surface area contributed by atoms with Crippen LogP contribution in [0.15, 0.2) is 15.4 Å². The van der Waals surface area contributed by atoms with E-state index < -0.39 is 16.0 Å². The van der Waals surface area contributed by atoms with Gasteiger partial charge in [-0.15, -0.1) is 0 Å². The summed E-state index contributed by atoms with van der Waals surface area (Å²) in [5, 5.41) is 8.83. The Bertz CT molecular complexity index is 598. The van der Waals surface area contributed by atoms with Crippen LogP contribution in [-0.2, 0) is 10.0 Å². The monoisotopic (exact) mass is 301 g/mol. The largest absolute Gasteiger partial charge is 0.475 e. The molecule has 0 aromatic carbocycles. The first kappa shape index (κ1) is 15.1. The highest BCUT2D eigenvalue weighted by molar-refractivity contribution is 7.89. The van der Waals surface area contributed by atoms with E-state index >= 15 is 0 Å². The summed E-state index contributed by atoms with van der Waals surface area (Å²) in [6.45, 7) is 3.29. The molecule has 0 spiro atoms. The molecule has 0 radical (unpaired) electrons. The highest BCUT2D eigenvalue weighted by atomic mass is 32.2. The Morgan fingerprint density at radius 2 is 2.05 bits per heavy atom. The third kappa shape index (κ3) is 3.04. The lowest BCUT2D eigenvalue weighted by Gasteiger charge is -2.19. The molecule has 1 heterocycles. The Hall–Kier alpha value is -1.34. The fourth-order valence-corrected chi connectivity index (χ4v) is 4.19. The van der Waals surface area contributed by atoms with Crippen molar-refractivity contribution in [1.29, 1.82) is 0 Å². The number of hydrogen-bond acceptors (Lipinski definition) is 4. The number of carboxylic acid groups (broad SMARTS) is 1. The molecule has 7 heteroatoms. The Kier molecular flexibility index (Phi) is 4.19. The van der Waals surface area contributed by atoms with Crippen LogP contribution >= 0.6 is 0 Å². The van der Waals surface area contributed by atoms with Gasteiger partial charge in [0.25, 0.3) is 0 Å². The van der Waals surface area contributed by atoms with E-state index in [0.29, 0.717) is 5.92 Å². The molecule has 1 aliphatic rings. The van der Waals surface area contributed by atoms with Gasteiger partial charge in [-0.05, 0) is 32.6 Å². The summed E-state index contributed by atoms with van der Waals surface area (Å²) in [6, 6.07) is 0.895. The van der Waals surface area contributed by atoms with E-state index in [1.54, 1.807) is 0 Å². The van der Waals surface area contributed by atoms with Crippen LogP contribution in [0, 0.1) is 12.8 Å². The van der Waals surface area contributed by atoms with Crippen molar-refractivity contribution >= 4 is 16.0 Å². The molecule has 0 aliphatic heterocycles. The standard InChI is InChI=1S/C13H19NO5S/c1-8(10-5-3-4-6-10)14-20(17,18)12-7-11(13(15)16)19-9(12)2/h7-8,10,14H,3-6H2,1-2H3,(H,15,16)/t8-/m0/s1. The van der Waals surface area contributed by atoms with E-state index in [4.69, 9.17) is 9.52 Å². The number of carbonyl (C=O) groups is 1. The second-order valence-corrected chi connectivity index (χ2v) is 6.97. The first-order valence-corrected chi connectivity index (χ1v) is 8.15. The van der Waals surface area contributed by atoms with Gasteiger partial charge in [0.1, 0.15) is 10.7 Å². The number of sulfonamides is 1. The van der Waals surface area contributed by atoms with E-state index in [2.05, 4.69) is 4.72 Å². The topological polar surface area (TPSA) is 96.6 Å². The SMILES string of the molecule is Cc1oc(C(=O)O)cc1S(=O)(=O)N[C@@H](C)C1CCCC1. The quantitative estimate of drug-likeness (QED) is 0.868. The second kappa shape index (κ2) is 5.57. The van der Waals surface area contributed by atoms with Gasteiger partial charge in [-0.1, -0.05) is 12.8 Å². The molecule has 0 saturated heterocycles. The number of furan rings is 1. The molecule has 6 nitrogen and oxygen atoms in total. The number of aromatic carboxylic acids is 1. The number of carboxylic acids is 1. The summed E-state index contributed by atoms with van der Waals surface area (Å²) in [4.78, 5) is 10.7. The third-order valence-corrected chi connectivity index (χ3v) is 5.49. The highest BCUT2D eigenvalue weighted by Gasteiger charge is 2.29. The summed E-state index contributed by atoms with van der Waals surface area (Å²) in [6.07, 6.45) is 4.30. The van der Waals surface area contributed by atoms with Gasteiger partial charge in [0.05, 0.1) is 0 Å². The van der Waals surface area contributed by atoms with Gasteiger partial charge in [0, 0.05) is 12.1 Å². The molecule has 2 N–H and O–H groups in total. The smallest absolute Gasteiger partial charge is 0.371 e. The van der Waals surface area contributed by atoms with Crippen LogP contribution in [0.2, 0.25) is 0 Å². The normalized spacial score (nSPS) is 18.3. The molecular formula is C13H19NO5S. The van der Waals surface area contributed by atoms with Crippen molar-refractivity contribution in [3.8, 4) is 0 Å². The van der Waals surface area contributed by atoms with E-state index in [9.17, 15) is 13.2 Å². The first-order valence-electron chi connectivity index (χ1n) is 6.67. The zero-order valence-corrected chi connectivity index (χ0v) is 12.4. The predicted molar refractivity (Wildman–Crippen MR) is 72.1 cm³/mol. The Balaban J connectivity index is 2.19. The van der Waals surface area contributed by atoms with Crippen molar-refractivity contribution in [2.24, 2.45) is 5.92 Å². The molecule has 1 saturated carbocycles. The fourth-order valence-electron chi connectivity index (χ4n) is 2.70. The summed E-state index contributed by atoms with van der Waals surface area (Å²) >= 11 is 0. The van der Waals surface area contributed by atoms with Crippen LogP contribution in [0.5, 0.6) is 0 Å². The van der Waals surface area contributed by atoms with Gasteiger partial charge in [-0.25, -0.2) is 17.9 Å². The van der Waals surface area contributed by atoms with Gasteiger partial charge < -0.3 is 9.52 Å². The molecule has 20 heavy (non-hydrogen) atoms. The van der Waals surface area contributed by atoms with Gasteiger partial charge >= 0.3 is 5.97 Å². The molecule has 0 bridgehead atoms. The van der Waals surface area contributed by atoms with Gasteiger partial charge in [-0.3, -0.25) is 0 Å². The van der Waals surface area contributed by atoms with Crippen molar-refractivity contribution in [1.82, 2.24) is 4.72 Å². The van der Waals surface area contributed by atoms with E-state index in [-0.39, 0.29) is 22.5 Å². The van der Waals surface area contributed by atoms with Crippen LogP contribution in [0.25, 0.3) is 0 Å². The number of hydrogen-bond donors (Lipinski definition) is 2. The Morgan fingerprint density at radius 3 is 2.55 bits per heavy atom. The van der Waals surface area contributed by atoms with Crippen molar-refractivity contribution in [3.63, 3.8) is 0 Å². The molecule has 1 aromatic heterocycles. The van der Waals surface area contributed by atoms with Gasteiger partial charge in [0.2, 0.25) is 15.8 Å². The minimum absolute atomic E-state index is 0.0912. The van der Waals surface area contributed by atoms with Crippen molar-refractivity contribution in [2.75, 3.05) is 0 Å². The van der Waals surface area contributed by atoms with Crippen LogP contribution in [0.1, 0.15) is 48.9 Å². The fraction of sp³-hybridized carbons (Fsp3) is 0.615. The lowest BCUT2D eigenvalue weighted by atomic mass is 10.0. The van der Waals surface area contributed by atoms with E-state index in [0.717, 1.165) is 31.7 Å². The maximum absolute atomic E-state index is 12.3. The molecule has 1 aliphatic carbocycles. The lowest BCUT2D eigenvalue weighted by Crippen LogP contribution is -2.37. The zero-order valence-electron chi connectivity index (χ0n) is 11.5. The van der Waals surface area contributed by atoms with E-state index in [1.807, 2.05) is 6.92 Å². The van der Waals surface area contributed by atoms with Crippen LogP contribution in [-0.4, -0.2) is 25.5 Å². The summed E-state index contributed by atoms with van der Waals surface area (Å²) in [5.41, 5.74) is 0. The summed E-state index contributed by atoms with van der Waals surface area (Å²) in [7, 11) is -3.75. The molecule has 1 atom stereocenters. The number of aryl methyl sites for hydroxylation is 1. The minimum Gasteiger partial charge on any atom is -0.475 e. The Morgan fingerprint density at radius 1 is 1.45 bits per heavy atom. The maximum atomic E-state index is 12.3.